The van der Waals surface area contributed by atoms with Gasteiger partial charge in [0.1, 0.15) is 0 Å². The molecule has 4 nitrogen and oxygen atoms in total. The Balaban J connectivity index is 2.47. The molecular weight excluding hydrogens is 254 g/mol. The fourth-order valence-electron chi connectivity index (χ4n) is 2.41. The van der Waals surface area contributed by atoms with Crippen LogP contribution in [0.15, 0.2) is 35.3 Å². The third kappa shape index (κ3) is 2.79. The molecule has 2 rings (SSSR count). The van der Waals surface area contributed by atoms with Gasteiger partial charge in [-0.15, -0.1) is 0 Å². The number of nitrogens with zero attached hydrogens (tertiary/aromatic N) is 1. The molecule has 104 valence electrons. The van der Waals surface area contributed by atoms with E-state index in [4.69, 9.17) is 5.11 Å². The lowest BCUT2D eigenvalue weighted by Gasteiger charge is -2.13. The summed E-state index contributed by atoms with van der Waals surface area (Å²) >= 11 is 0. The van der Waals surface area contributed by atoms with E-state index in [1.54, 1.807) is 0 Å². The van der Waals surface area contributed by atoms with Crippen LogP contribution in [0.1, 0.15) is 32.6 Å². The number of aromatic carboxylic acids is 1. The van der Waals surface area contributed by atoms with Crippen molar-refractivity contribution in [3.63, 3.8) is 0 Å². The zero-order chi connectivity index (χ0) is 14.9. The second kappa shape index (κ2) is 5.33. The van der Waals surface area contributed by atoms with Gasteiger partial charge in [0.15, 0.2) is 0 Å². The average molecular weight is 271 g/mol. The van der Waals surface area contributed by atoms with Gasteiger partial charge in [0.2, 0.25) is 0 Å². The van der Waals surface area contributed by atoms with E-state index in [1.807, 2.05) is 20.8 Å². The van der Waals surface area contributed by atoms with Gasteiger partial charge in [0.05, 0.1) is 12.1 Å². The van der Waals surface area contributed by atoms with E-state index < -0.39 is 5.97 Å². The highest BCUT2D eigenvalue weighted by Gasteiger charge is 2.09. The normalized spacial score (nSPS) is 10.6. The summed E-state index contributed by atoms with van der Waals surface area (Å²) in [7, 11) is 0. The number of hydrogen-bond donors (Lipinski definition) is 1. The Hall–Kier alpha value is -2.36. The van der Waals surface area contributed by atoms with Gasteiger partial charge >= 0.3 is 5.97 Å². The highest BCUT2D eigenvalue weighted by Crippen LogP contribution is 2.17. The van der Waals surface area contributed by atoms with Crippen molar-refractivity contribution in [3.05, 3.63) is 68.6 Å². The largest absolute Gasteiger partial charge is 0.478 e. The third-order valence-corrected chi connectivity index (χ3v) is 3.40. The second-order valence-corrected chi connectivity index (χ2v) is 5.07. The number of aromatic nitrogens is 1. The third-order valence-electron chi connectivity index (χ3n) is 3.40. The molecule has 1 heterocycles. The molecule has 0 atom stereocenters. The second-order valence-electron chi connectivity index (χ2n) is 5.07. The topological polar surface area (TPSA) is 59.3 Å². The zero-order valence-corrected chi connectivity index (χ0v) is 11.8. The van der Waals surface area contributed by atoms with Crippen molar-refractivity contribution in [2.75, 3.05) is 0 Å². The minimum atomic E-state index is -1.03. The zero-order valence-electron chi connectivity index (χ0n) is 11.8. The van der Waals surface area contributed by atoms with Crippen molar-refractivity contribution in [3.8, 4) is 0 Å². The van der Waals surface area contributed by atoms with E-state index in [2.05, 4.69) is 12.1 Å². The van der Waals surface area contributed by atoms with E-state index in [0.29, 0.717) is 6.54 Å². The summed E-state index contributed by atoms with van der Waals surface area (Å²) in [5, 5.41) is 9.00. The molecule has 0 radical (unpaired) electrons. The monoisotopic (exact) mass is 271 g/mol. The Kier molecular flexibility index (Phi) is 3.74. The summed E-state index contributed by atoms with van der Waals surface area (Å²) in [6.07, 6.45) is 1.39. The van der Waals surface area contributed by atoms with Crippen molar-refractivity contribution >= 4 is 5.97 Å². The Morgan fingerprint density at radius 3 is 2.30 bits per heavy atom. The fraction of sp³-hybridized carbons (Fsp3) is 0.250. The smallest absolute Gasteiger partial charge is 0.337 e. The molecule has 1 aromatic carbocycles. The first-order valence-electron chi connectivity index (χ1n) is 6.39. The van der Waals surface area contributed by atoms with Gasteiger partial charge in [-0.05, 0) is 43.5 Å². The molecule has 20 heavy (non-hydrogen) atoms. The van der Waals surface area contributed by atoms with Crippen LogP contribution in [-0.2, 0) is 6.54 Å². The van der Waals surface area contributed by atoms with Gasteiger partial charge in [-0.25, -0.2) is 4.79 Å². The molecule has 1 N–H and O–H groups in total. The summed E-state index contributed by atoms with van der Waals surface area (Å²) in [6.45, 7) is 6.42. The van der Waals surface area contributed by atoms with Crippen LogP contribution >= 0.6 is 0 Å². The van der Waals surface area contributed by atoms with E-state index in [0.717, 1.165) is 16.7 Å². The quantitative estimate of drug-likeness (QED) is 0.933. The van der Waals surface area contributed by atoms with E-state index in [1.165, 1.54) is 28.5 Å². The molecule has 0 fully saturated rings. The number of carbonyl (C=O) groups is 1. The SMILES string of the molecule is Cc1cc(C)c(Cn2cc(C(=O)O)ccc2=O)c(C)c1. The van der Waals surface area contributed by atoms with Crippen molar-refractivity contribution < 1.29 is 9.90 Å². The number of carboxylic acid groups (broad SMARTS) is 1. The molecule has 0 spiro atoms. The van der Waals surface area contributed by atoms with E-state index in [-0.39, 0.29) is 11.1 Å². The van der Waals surface area contributed by atoms with Gasteiger partial charge < -0.3 is 9.67 Å². The maximum Gasteiger partial charge on any atom is 0.337 e. The van der Waals surface area contributed by atoms with Gasteiger partial charge in [-0.3, -0.25) is 4.79 Å². The number of carboxylic acids is 1. The van der Waals surface area contributed by atoms with Crippen LogP contribution in [0.25, 0.3) is 0 Å². The minimum absolute atomic E-state index is 0.118. The Morgan fingerprint density at radius 2 is 1.75 bits per heavy atom. The molecule has 0 saturated heterocycles. The van der Waals surface area contributed by atoms with E-state index >= 15 is 0 Å². The molecule has 2 aromatic rings. The Labute approximate surface area is 117 Å². The van der Waals surface area contributed by atoms with Crippen molar-refractivity contribution in [1.29, 1.82) is 0 Å². The predicted octanol–water partition coefficient (Wildman–Crippen LogP) is 2.52. The van der Waals surface area contributed by atoms with Crippen LogP contribution in [0.5, 0.6) is 0 Å². The van der Waals surface area contributed by atoms with Crippen LogP contribution in [0, 0.1) is 20.8 Å². The standard InChI is InChI=1S/C16H17NO3/c1-10-6-11(2)14(12(3)7-10)9-17-8-13(16(19)20)4-5-15(17)18/h4-8H,9H2,1-3H3,(H,19,20). The number of rotatable bonds is 3. The molecule has 0 saturated carbocycles. The lowest BCUT2D eigenvalue weighted by Crippen LogP contribution is -2.21. The van der Waals surface area contributed by atoms with Gasteiger partial charge in [-0.2, -0.15) is 0 Å². The Bertz CT molecular complexity index is 706. The van der Waals surface area contributed by atoms with Crippen LogP contribution in [0.3, 0.4) is 0 Å². The first-order valence-corrected chi connectivity index (χ1v) is 6.39. The Morgan fingerprint density at radius 1 is 1.15 bits per heavy atom. The van der Waals surface area contributed by atoms with E-state index in [9.17, 15) is 9.59 Å². The number of pyridine rings is 1. The molecule has 0 bridgehead atoms. The average Bonchev–Trinajstić information content (AvgIpc) is 2.35. The van der Waals surface area contributed by atoms with Crippen molar-refractivity contribution in [1.82, 2.24) is 4.57 Å². The van der Waals surface area contributed by atoms with Gasteiger partial charge in [0.25, 0.3) is 5.56 Å². The summed E-state index contributed by atoms with van der Waals surface area (Å²) in [5.74, 6) is -1.03. The molecule has 0 aliphatic carbocycles. The molecule has 1 aromatic heterocycles. The number of benzene rings is 1. The van der Waals surface area contributed by atoms with Crippen molar-refractivity contribution in [2.24, 2.45) is 0 Å². The van der Waals surface area contributed by atoms with Gasteiger partial charge in [0, 0.05) is 12.3 Å². The lowest BCUT2D eigenvalue weighted by atomic mass is 10.00. The maximum atomic E-state index is 11.9. The van der Waals surface area contributed by atoms with Gasteiger partial charge in [-0.1, -0.05) is 17.7 Å². The summed E-state index contributed by atoms with van der Waals surface area (Å²) < 4.78 is 1.44. The summed E-state index contributed by atoms with van der Waals surface area (Å²) in [5.41, 5.74) is 4.36. The maximum absolute atomic E-state index is 11.9. The predicted molar refractivity (Wildman–Crippen MR) is 77.4 cm³/mol. The van der Waals surface area contributed by atoms with Crippen LogP contribution in [0.4, 0.5) is 0 Å². The highest BCUT2D eigenvalue weighted by atomic mass is 16.4. The number of aryl methyl sites for hydroxylation is 3. The molecule has 4 heteroatoms. The number of hydrogen-bond acceptors (Lipinski definition) is 2. The van der Waals surface area contributed by atoms with Crippen molar-refractivity contribution in [2.45, 2.75) is 27.3 Å². The first kappa shape index (κ1) is 14.1. The molecule has 0 amide bonds. The first-order chi connectivity index (χ1) is 9.38. The fourth-order valence-corrected chi connectivity index (χ4v) is 2.41. The molecular formula is C16H17NO3. The molecule has 0 aliphatic heterocycles. The molecule has 0 aliphatic rings. The highest BCUT2D eigenvalue weighted by molar-refractivity contribution is 5.87. The summed E-state index contributed by atoms with van der Waals surface area (Å²) in [4.78, 5) is 22.8. The van der Waals surface area contributed by atoms with Crippen LogP contribution < -0.4 is 5.56 Å². The minimum Gasteiger partial charge on any atom is -0.478 e. The van der Waals surface area contributed by atoms with Crippen LogP contribution in [0.2, 0.25) is 0 Å². The molecule has 0 unspecified atom stereocenters. The summed E-state index contributed by atoms with van der Waals surface area (Å²) in [6, 6.07) is 6.75. The van der Waals surface area contributed by atoms with Crippen LogP contribution in [-0.4, -0.2) is 15.6 Å². The lowest BCUT2D eigenvalue weighted by molar-refractivity contribution is 0.0696.